The molecule has 25 heavy (non-hydrogen) atoms. The third-order valence-electron chi connectivity index (χ3n) is 4.39. The van der Waals surface area contributed by atoms with Gasteiger partial charge in [0.1, 0.15) is 5.82 Å². The molecule has 0 saturated carbocycles. The summed E-state index contributed by atoms with van der Waals surface area (Å²) in [6.45, 7) is 0. The third kappa shape index (κ3) is 4.17. The molecule has 0 bridgehead atoms. The van der Waals surface area contributed by atoms with Gasteiger partial charge in [0.2, 0.25) is 0 Å². The van der Waals surface area contributed by atoms with Gasteiger partial charge in [-0.15, -0.1) is 0 Å². The van der Waals surface area contributed by atoms with Gasteiger partial charge in [-0.2, -0.15) is 0 Å². The highest BCUT2D eigenvalue weighted by molar-refractivity contribution is 7.91. The van der Waals surface area contributed by atoms with E-state index in [1.165, 1.54) is 24.3 Å². The van der Waals surface area contributed by atoms with Gasteiger partial charge in [0.25, 0.3) is 5.91 Å². The molecule has 0 aliphatic carbocycles. The van der Waals surface area contributed by atoms with Crippen LogP contribution < -0.4 is 10.2 Å². The second kappa shape index (κ2) is 6.84. The number of carbonyl (C=O) groups excluding carboxylic acids is 1. The predicted octanol–water partition coefficient (Wildman–Crippen LogP) is 2.70. The van der Waals surface area contributed by atoms with Gasteiger partial charge in [-0.1, -0.05) is 0 Å². The van der Waals surface area contributed by atoms with Crippen LogP contribution in [0.3, 0.4) is 0 Å². The number of sulfone groups is 1. The number of hydrogen-bond acceptors (Lipinski definition) is 4. The summed E-state index contributed by atoms with van der Waals surface area (Å²) in [5.74, 6) is -0.304. The van der Waals surface area contributed by atoms with E-state index in [1.54, 1.807) is 12.1 Å². The molecule has 1 unspecified atom stereocenters. The highest BCUT2D eigenvalue weighted by Gasteiger charge is 2.30. The molecule has 1 N–H and O–H groups in total. The Morgan fingerprint density at radius 3 is 2.32 bits per heavy atom. The fraction of sp³-hybridized carbons (Fsp3) is 0.278. The average Bonchev–Trinajstić information content (AvgIpc) is 2.95. The molecule has 1 heterocycles. The molecule has 7 heteroatoms. The van der Waals surface area contributed by atoms with Crippen molar-refractivity contribution >= 4 is 27.1 Å². The summed E-state index contributed by atoms with van der Waals surface area (Å²) >= 11 is 0. The van der Waals surface area contributed by atoms with Crippen molar-refractivity contribution in [2.24, 2.45) is 0 Å². The summed E-state index contributed by atoms with van der Waals surface area (Å²) in [6, 6.07) is 12.5. The van der Waals surface area contributed by atoms with E-state index in [0.717, 1.165) is 5.69 Å². The number of hydrogen-bond donors (Lipinski definition) is 1. The van der Waals surface area contributed by atoms with E-state index in [9.17, 15) is 17.6 Å². The van der Waals surface area contributed by atoms with Crippen LogP contribution >= 0.6 is 0 Å². The number of nitrogens with zero attached hydrogens (tertiary/aromatic N) is 1. The number of rotatable bonds is 4. The van der Waals surface area contributed by atoms with Crippen molar-refractivity contribution in [3.05, 3.63) is 59.9 Å². The number of amides is 1. The Morgan fingerprint density at radius 2 is 1.76 bits per heavy atom. The Bertz CT molecular complexity index is 864. The number of anilines is 2. The molecule has 132 valence electrons. The minimum absolute atomic E-state index is 0.0235. The lowest BCUT2D eigenvalue weighted by Crippen LogP contribution is -2.32. The number of nitrogens with one attached hydrogen (secondary N) is 1. The maximum absolute atomic E-state index is 12.9. The second-order valence-corrected chi connectivity index (χ2v) is 8.40. The first kappa shape index (κ1) is 17.4. The van der Waals surface area contributed by atoms with Gasteiger partial charge in [0.05, 0.1) is 11.5 Å². The van der Waals surface area contributed by atoms with Crippen molar-refractivity contribution < 1.29 is 17.6 Å². The lowest BCUT2D eigenvalue weighted by molar-refractivity contribution is 0.102. The van der Waals surface area contributed by atoms with E-state index in [2.05, 4.69) is 5.32 Å². The molecule has 0 radical (unpaired) electrons. The highest BCUT2D eigenvalue weighted by Crippen LogP contribution is 2.24. The van der Waals surface area contributed by atoms with Gasteiger partial charge in [0.15, 0.2) is 9.84 Å². The van der Waals surface area contributed by atoms with E-state index in [0.29, 0.717) is 17.7 Å². The number of benzene rings is 2. The largest absolute Gasteiger partial charge is 0.371 e. The molecule has 1 atom stereocenters. The van der Waals surface area contributed by atoms with Gasteiger partial charge in [-0.05, 0) is 55.0 Å². The molecule has 0 spiro atoms. The van der Waals surface area contributed by atoms with E-state index in [1.807, 2.05) is 24.1 Å². The first-order valence-corrected chi connectivity index (χ1v) is 9.76. The molecule has 5 nitrogen and oxygen atoms in total. The molecule has 3 rings (SSSR count). The predicted molar refractivity (Wildman–Crippen MR) is 96.3 cm³/mol. The van der Waals surface area contributed by atoms with Crippen molar-refractivity contribution in [2.45, 2.75) is 12.5 Å². The Hall–Kier alpha value is -2.41. The monoisotopic (exact) mass is 362 g/mol. The van der Waals surface area contributed by atoms with E-state index < -0.39 is 15.7 Å². The summed E-state index contributed by atoms with van der Waals surface area (Å²) in [5.41, 5.74) is 1.88. The number of carbonyl (C=O) groups is 1. The van der Waals surface area contributed by atoms with E-state index >= 15 is 0 Å². The maximum atomic E-state index is 12.9. The zero-order valence-electron chi connectivity index (χ0n) is 13.8. The normalized spacial score (nSPS) is 18.7. The number of halogens is 1. The van der Waals surface area contributed by atoms with Crippen LogP contribution in [0.2, 0.25) is 0 Å². The van der Waals surface area contributed by atoms with Gasteiger partial charge >= 0.3 is 0 Å². The average molecular weight is 362 g/mol. The Kier molecular flexibility index (Phi) is 4.76. The third-order valence-corrected chi connectivity index (χ3v) is 6.15. The van der Waals surface area contributed by atoms with Gasteiger partial charge in [0, 0.05) is 30.0 Å². The topological polar surface area (TPSA) is 66.5 Å². The van der Waals surface area contributed by atoms with Crippen molar-refractivity contribution in [2.75, 3.05) is 28.8 Å². The molecule has 1 aliphatic rings. The molecular formula is C18H19FN2O3S. The van der Waals surface area contributed by atoms with Crippen LogP contribution in [0.25, 0.3) is 0 Å². The molecule has 0 aromatic heterocycles. The highest BCUT2D eigenvalue weighted by atomic mass is 32.2. The summed E-state index contributed by atoms with van der Waals surface area (Å²) in [4.78, 5) is 14.1. The summed E-state index contributed by atoms with van der Waals surface area (Å²) < 4.78 is 36.1. The smallest absolute Gasteiger partial charge is 0.255 e. The molecule has 2 aromatic carbocycles. The minimum atomic E-state index is -2.93. The van der Waals surface area contributed by atoms with Crippen LogP contribution in [0.1, 0.15) is 16.8 Å². The quantitative estimate of drug-likeness (QED) is 0.908. The van der Waals surface area contributed by atoms with E-state index in [-0.39, 0.29) is 23.5 Å². The van der Waals surface area contributed by atoms with Gasteiger partial charge < -0.3 is 10.2 Å². The van der Waals surface area contributed by atoms with Crippen molar-refractivity contribution in [3.8, 4) is 0 Å². The lowest BCUT2D eigenvalue weighted by atomic mass is 10.2. The zero-order valence-corrected chi connectivity index (χ0v) is 14.6. The van der Waals surface area contributed by atoms with E-state index in [4.69, 9.17) is 0 Å². The van der Waals surface area contributed by atoms with Crippen molar-refractivity contribution in [3.63, 3.8) is 0 Å². The Balaban J connectivity index is 1.66. The van der Waals surface area contributed by atoms with Crippen LogP contribution in [-0.2, 0) is 9.84 Å². The lowest BCUT2D eigenvalue weighted by Gasteiger charge is -2.25. The second-order valence-electron chi connectivity index (χ2n) is 6.18. The Labute approximate surface area is 146 Å². The van der Waals surface area contributed by atoms with Crippen LogP contribution in [0.5, 0.6) is 0 Å². The molecular weight excluding hydrogens is 343 g/mol. The van der Waals surface area contributed by atoms with Crippen LogP contribution in [0.15, 0.2) is 48.5 Å². The first-order chi connectivity index (χ1) is 11.8. The molecule has 1 aliphatic heterocycles. The molecule has 1 saturated heterocycles. The van der Waals surface area contributed by atoms with Crippen LogP contribution in [-0.4, -0.2) is 38.9 Å². The van der Waals surface area contributed by atoms with Crippen LogP contribution in [0, 0.1) is 5.82 Å². The first-order valence-electron chi connectivity index (χ1n) is 7.94. The molecule has 1 fully saturated rings. The van der Waals surface area contributed by atoms with Crippen molar-refractivity contribution in [1.29, 1.82) is 0 Å². The van der Waals surface area contributed by atoms with Crippen LogP contribution in [0.4, 0.5) is 15.8 Å². The van der Waals surface area contributed by atoms with Gasteiger partial charge in [-0.25, -0.2) is 12.8 Å². The summed E-state index contributed by atoms with van der Waals surface area (Å²) in [6.07, 6.45) is 0.627. The zero-order chi connectivity index (χ0) is 18.0. The minimum Gasteiger partial charge on any atom is -0.371 e. The molecule has 1 amide bonds. The standard InChI is InChI=1S/C18H19FN2O3S/c1-21(17-10-11-25(23,24)12-17)16-8-6-15(7-9-16)20-18(22)13-2-4-14(19)5-3-13/h2-9,17H,10-12H2,1H3,(H,20,22). The van der Waals surface area contributed by atoms with Crippen molar-refractivity contribution in [1.82, 2.24) is 0 Å². The SMILES string of the molecule is CN(c1ccc(NC(=O)c2ccc(F)cc2)cc1)C1CCS(=O)(=O)C1. The summed E-state index contributed by atoms with van der Waals surface area (Å²) in [7, 11) is -1.06. The Morgan fingerprint density at radius 1 is 1.12 bits per heavy atom. The molecule has 2 aromatic rings. The maximum Gasteiger partial charge on any atom is 0.255 e. The fourth-order valence-corrected chi connectivity index (χ4v) is 4.65. The van der Waals surface area contributed by atoms with Gasteiger partial charge in [-0.3, -0.25) is 4.79 Å². The fourth-order valence-electron chi connectivity index (χ4n) is 2.88. The summed E-state index contributed by atoms with van der Waals surface area (Å²) in [5, 5.41) is 2.75.